The number of ketones is 1. The van der Waals surface area contributed by atoms with Crippen molar-refractivity contribution >= 4 is 23.7 Å². The molecule has 2 aliphatic heterocycles. The van der Waals surface area contributed by atoms with Crippen LogP contribution >= 0.6 is 0 Å². The fourth-order valence-corrected chi connectivity index (χ4v) is 4.57. The molecule has 0 saturated carbocycles. The fraction of sp³-hybridized carbons (Fsp3) is 0.207. The average Bonchev–Trinajstić information content (AvgIpc) is 3.25. The number of nitrogens with zero attached hydrogens (tertiary/aromatic N) is 1. The largest absolute Gasteiger partial charge is 0.497 e. The summed E-state index contributed by atoms with van der Waals surface area (Å²) >= 11 is 0. The van der Waals surface area contributed by atoms with E-state index in [0.717, 1.165) is 11.1 Å². The van der Waals surface area contributed by atoms with Crippen LogP contribution in [0.2, 0.25) is 0 Å². The van der Waals surface area contributed by atoms with Gasteiger partial charge in [0.1, 0.15) is 29.0 Å². The van der Waals surface area contributed by atoms with Crippen LogP contribution in [-0.2, 0) is 22.6 Å². The van der Waals surface area contributed by atoms with Gasteiger partial charge in [-0.05, 0) is 41.5 Å². The molecule has 1 amide bonds. The van der Waals surface area contributed by atoms with Gasteiger partial charge in [0.15, 0.2) is 12.4 Å². The van der Waals surface area contributed by atoms with Crippen molar-refractivity contribution in [1.29, 1.82) is 0 Å². The average molecular weight is 516 g/mol. The monoisotopic (exact) mass is 515 g/mol. The number of carboxylic acid groups (broad SMARTS) is 1. The summed E-state index contributed by atoms with van der Waals surface area (Å²) in [6, 6.07) is 16.4. The normalized spacial score (nSPS) is 16.9. The van der Waals surface area contributed by atoms with Gasteiger partial charge in [0.25, 0.3) is 5.91 Å². The van der Waals surface area contributed by atoms with Crippen molar-refractivity contribution in [3.8, 4) is 23.0 Å². The maximum absolute atomic E-state index is 13.0. The Morgan fingerprint density at radius 3 is 2.53 bits per heavy atom. The van der Waals surface area contributed by atoms with E-state index in [-0.39, 0.29) is 31.1 Å². The Morgan fingerprint density at radius 2 is 1.79 bits per heavy atom. The molecule has 0 bridgehead atoms. The van der Waals surface area contributed by atoms with Gasteiger partial charge in [0, 0.05) is 30.7 Å². The van der Waals surface area contributed by atoms with Gasteiger partial charge in [-0.3, -0.25) is 9.59 Å². The van der Waals surface area contributed by atoms with Crippen LogP contribution in [0.25, 0.3) is 6.08 Å². The second-order valence-electron chi connectivity index (χ2n) is 8.84. The van der Waals surface area contributed by atoms with E-state index >= 15 is 0 Å². The van der Waals surface area contributed by atoms with E-state index in [0.29, 0.717) is 34.1 Å². The Kier molecular flexibility index (Phi) is 6.74. The maximum atomic E-state index is 13.0. The molecule has 9 heteroatoms. The predicted molar refractivity (Wildman–Crippen MR) is 137 cm³/mol. The molecule has 1 atom stereocenters. The Bertz CT molecular complexity index is 1460. The fourth-order valence-electron chi connectivity index (χ4n) is 4.57. The van der Waals surface area contributed by atoms with Crippen LogP contribution in [0.4, 0.5) is 0 Å². The van der Waals surface area contributed by atoms with Crippen LogP contribution in [0, 0.1) is 0 Å². The van der Waals surface area contributed by atoms with Gasteiger partial charge in [0.05, 0.1) is 19.8 Å². The van der Waals surface area contributed by atoms with Gasteiger partial charge in [-0.25, -0.2) is 4.79 Å². The third-order valence-electron chi connectivity index (χ3n) is 6.58. The molecule has 194 valence electrons. The van der Waals surface area contributed by atoms with Gasteiger partial charge in [-0.2, -0.15) is 0 Å². The van der Waals surface area contributed by atoms with Crippen molar-refractivity contribution in [2.45, 2.75) is 19.0 Å². The highest BCUT2D eigenvalue weighted by Gasteiger charge is 2.35. The van der Waals surface area contributed by atoms with E-state index in [1.807, 2.05) is 24.3 Å². The van der Waals surface area contributed by atoms with Crippen molar-refractivity contribution in [2.24, 2.45) is 0 Å². The molecule has 2 aliphatic rings. The van der Waals surface area contributed by atoms with Gasteiger partial charge < -0.3 is 29.0 Å². The summed E-state index contributed by atoms with van der Waals surface area (Å²) in [5.74, 6) is 0.0652. The van der Waals surface area contributed by atoms with E-state index in [4.69, 9.17) is 18.9 Å². The number of ether oxygens (including phenoxy) is 4. The lowest BCUT2D eigenvalue weighted by Gasteiger charge is -2.34. The van der Waals surface area contributed by atoms with Crippen molar-refractivity contribution < 1.29 is 38.4 Å². The van der Waals surface area contributed by atoms with Crippen LogP contribution in [-0.4, -0.2) is 54.5 Å². The molecular weight excluding hydrogens is 490 g/mol. The number of benzene rings is 3. The quantitative estimate of drug-likeness (QED) is 0.474. The van der Waals surface area contributed by atoms with Gasteiger partial charge in [-0.15, -0.1) is 0 Å². The molecule has 1 unspecified atom stereocenters. The second-order valence-corrected chi connectivity index (χ2v) is 8.84. The summed E-state index contributed by atoms with van der Waals surface area (Å²) < 4.78 is 22.1. The second kappa shape index (κ2) is 10.3. The zero-order chi connectivity index (χ0) is 26.8. The number of rotatable bonds is 7. The van der Waals surface area contributed by atoms with Crippen molar-refractivity contribution in [2.75, 3.05) is 20.8 Å². The van der Waals surface area contributed by atoms with Crippen molar-refractivity contribution in [1.82, 2.24) is 4.90 Å². The van der Waals surface area contributed by atoms with E-state index in [1.54, 1.807) is 43.5 Å². The van der Waals surface area contributed by atoms with Gasteiger partial charge >= 0.3 is 5.97 Å². The third-order valence-corrected chi connectivity index (χ3v) is 6.58. The topological polar surface area (TPSA) is 112 Å². The minimum absolute atomic E-state index is 0.118. The molecule has 0 radical (unpaired) electrons. The van der Waals surface area contributed by atoms with Gasteiger partial charge in [0.2, 0.25) is 5.78 Å². The number of carboxylic acids is 1. The number of amides is 1. The Hall–Kier alpha value is -4.79. The number of hydrogen-bond acceptors (Lipinski definition) is 7. The number of carbonyl (C=O) groups is 3. The number of hydrogen-bond donors (Lipinski definition) is 1. The summed E-state index contributed by atoms with van der Waals surface area (Å²) in [4.78, 5) is 39.0. The Balaban J connectivity index is 1.29. The first-order valence-electron chi connectivity index (χ1n) is 11.9. The highest BCUT2D eigenvalue weighted by atomic mass is 16.5. The van der Waals surface area contributed by atoms with E-state index in [9.17, 15) is 19.5 Å². The third kappa shape index (κ3) is 4.78. The summed E-state index contributed by atoms with van der Waals surface area (Å²) in [5, 5.41) is 9.69. The minimum Gasteiger partial charge on any atom is -0.497 e. The Labute approximate surface area is 218 Å². The van der Waals surface area contributed by atoms with Crippen molar-refractivity contribution in [3.63, 3.8) is 0 Å². The smallest absolute Gasteiger partial charge is 0.326 e. The van der Waals surface area contributed by atoms with Crippen LogP contribution in [0.3, 0.4) is 0 Å². The molecule has 0 fully saturated rings. The first kappa shape index (κ1) is 24.9. The van der Waals surface area contributed by atoms with Crippen LogP contribution in [0.5, 0.6) is 23.0 Å². The maximum Gasteiger partial charge on any atom is 0.326 e. The van der Waals surface area contributed by atoms with Crippen molar-refractivity contribution in [3.05, 3.63) is 88.7 Å². The van der Waals surface area contributed by atoms with Crippen LogP contribution < -0.4 is 18.9 Å². The summed E-state index contributed by atoms with van der Waals surface area (Å²) in [6.45, 7) is -0.162. The first-order chi connectivity index (χ1) is 18.4. The van der Waals surface area contributed by atoms with Gasteiger partial charge in [-0.1, -0.05) is 24.3 Å². The van der Waals surface area contributed by atoms with Crippen LogP contribution in [0.1, 0.15) is 27.0 Å². The molecule has 38 heavy (non-hydrogen) atoms. The van der Waals surface area contributed by atoms with E-state index < -0.39 is 17.9 Å². The SMILES string of the molecule is COc1ccc(C=C2Oc3cc(OCC(=O)N4Cc5ccccc5CC4C(=O)O)ccc3C2=O)c(OC)c1. The molecule has 2 heterocycles. The van der Waals surface area contributed by atoms with E-state index in [2.05, 4.69) is 0 Å². The number of allylic oxidation sites excluding steroid dienone is 1. The lowest BCUT2D eigenvalue weighted by atomic mass is 9.94. The lowest BCUT2D eigenvalue weighted by Crippen LogP contribution is -2.50. The zero-order valence-corrected chi connectivity index (χ0v) is 20.8. The Morgan fingerprint density at radius 1 is 1.03 bits per heavy atom. The molecule has 5 rings (SSSR count). The molecule has 0 aliphatic carbocycles. The highest BCUT2D eigenvalue weighted by Crippen LogP contribution is 2.36. The molecule has 3 aromatic carbocycles. The lowest BCUT2D eigenvalue weighted by molar-refractivity contribution is -0.152. The molecule has 0 aromatic heterocycles. The van der Waals surface area contributed by atoms with E-state index in [1.165, 1.54) is 18.1 Å². The number of aliphatic carboxylic acids is 1. The molecule has 1 N–H and O–H groups in total. The minimum atomic E-state index is -1.06. The number of methoxy groups -OCH3 is 2. The molecule has 0 saturated heterocycles. The van der Waals surface area contributed by atoms with Crippen LogP contribution in [0.15, 0.2) is 66.4 Å². The summed E-state index contributed by atoms with van der Waals surface area (Å²) in [5.41, 5.74) is 2.83. The predicted octanol–water partition coefficient (Wildman–Crippen LogP) is 3.74. The summed E-state index contributed by atoms with van der Waals surface area (Å²) in [7, 11) is 3.07. The number of carbonyl (C=O) groups excluding carboxylic acids is 2. The molecule has 9 nitrogen and oxygen atoms in total. The molecule has 0 spiro atoms. The highest BCUT2D eigenvalue weighted by molar-refractivity contribution is 6.14. The standard InChI is InChI=1S/C29H25NO8/c1-35-20-8-7-18(24(13-20)36-2)12-26-28(32)22-10-9-21(14-25(22)38-26)37-16-27(31)30-15-19-6-4-3-5-17(19)11-23(30)29(33)34/h3-10,12-14,23H,11,15-16H2,1-2H3,(H,33,34). The first-order valence-corrected chi connectivity index (χ1v) is 11.9. The summed E-state index contributed by atoms with van der Waals surface area (Å²) in [6.07, 6.45) is 1.82. The number of Topliss-reactive ketones (excluding diaryl/α,β-unsaturated/α-hetero) is 1. The molecule has 3 aromatic rings. The number of fused-ring (bicyclic) bond motifs is 2. The molecular formula is C29H25NO8. The zero-order valence-electron chi connectivity index (χ0n) is 20.8.